The van der Waals surface area contributed by atoms with Crippen LogP contribution < -0.4 is 9.47 Å². The Morgan fingerprint density at radius 2 is 2.10 bits per heavy atom. The van der Waals surface area contributed by atoms with E-state index in [4.69, 9.17) is 14.0 Å². The van der Waals surface area contributed by atoms with Crippen molar-refractivity contribution in [3.63, 3.8) is 0 Å². The first kappa shape index (κ1) is 21.1. The van der Waals surface area contributed by atoms with Gasteiger partial charge in [0.25, 0.3) is 5.91 Å². The summed E-state index contributed by atoms with van der Waals surface area (Å²) in [7, 11) is 1.56. The number of carbonyl (C=O) groups excluding carboxylic acids is 1. The van der Waals surface area contributed by atoms with Crippen molar-refractivity contribution in [3.05, 3.63) is 59.8 Å². The quantitative estimate of drug-likeness (QED) is 0.497. The molecule has 8 nitrogen and oxygen atoms in total. The molecule has 31 heavy (non-hydrogen) atoms. The molecule has 2 aromatic heterocycles. The van der Waals surface area contributed by atoms with Crippen molar-refractivity contribution in [2.75, 3.05) is 39.9 Å². The molecule has 1 aliphatic rings. The molecule has 0 atom stereocenters. The van der Waals surface area contributed by atoms with E-state index in [1.165, 1.54) is 0 Å². The zero-order valence-corrected chi connectivity index (χ0v) is 18.1. The Bertz CT molecular complexity index is 1030. The van der Waals surface area contributed by atoms with E-state index in [-0.39, 0.29) is 5.91 Å². The van der Waals surface area contributed by atoms with Crippen molar-refractivity contribution >= 4 is 17.2 Å². The van der Waals surface area contributed by atoms with Crippen molar-refractivity contribution in [1.29, 1.82) is 0 Å². The molecule has 1 amide bonds. The number of nitrogens with zero attached hydrogens (tertiary/aromatic N) is 4. The van der Waals surface area contributed by atoms with Crippen LogP contribution in [0.2, 0.25) is 0 Å². The molecule has 0 N–H and O–H groups in total. The number of rotatable bonds is 8. The molecule has 0 spiro atoms. The van der Waals surface area contributed by atoms with Crippen LogP contribution in [0, 0.1) is 0 Å². The zero-order valence-electron chi connectivity index (χ0n) is 17.3. The number of carbonyl (C=O) groups is 1. The number of hydrogen-bond donors (Lipinski definition) is 0. The van der Waals surface area contributed by atoms with Crippen molar-refractivity contribution < 1.29 is 18.8 Å². The van der Waals surface area contributed by atoms with Gasteiger partial charge in [-0.05, 0) is 29.6 Å². The predicted molar refractivity (Wildman–Crippen MR) is 117 cm³/mol. The largest absolute Gasteiger partial charge is 0.493 e. The summed E-state index contributed by atoms with van der Waals surface area (Å²) >= 11 is 1.58. The van der Waals surface area contributed by atoms with Crippen LogP contribution in [0.15, 0.2) is 52.9 Å². The standard InChI is InChI=1S/C22H24N4O4S/c1-3-12-29-17-7-6-16(14-18(17)28-2)22(27)26-10-8-25(9-11-26)15-20-23-21(24-30-20)19-5-4-13-31-19/h3-7,13-14H,1,8-12,15H2,2H3. The van der Waals surface area contributed by atoms with Crippen molar-refractivity contribution in [1.82, 2.24) is 19.9 Å². The molecule has 1 aromatic carbocycles. The Morgan fingerprint density at radius 3 is 2.81 bits per heavy atom. The monoisotopic (exact) mass is 440 g/mol. The summed E-state index contributed by atoms with van der Waals surface area (Å²) in [6.45, 7) is 7.31. The highest BCUT2D eigenvalue weighted by atomic mass is 32.1. The third kappa shape index (κ3) is 4.95. The Morgan fingerprint density at radius 1 is 1.26 bits per heavy atom. The molecule has 0 unspecified atom stereocenters. The number of benzene rings is 1. The minimum Gasteiger partial charge on any atom is -0.493 e. The molecule has 162 valence electrons. The maximum atomic E-state index is 12.9. The van der Waals surface area contributed by atoms with E-state index in [1.807, 2.05) is 22.4 Å². The second-order valence-corrected chi connectivity index (χ2v) is 7.97. The van der Waals surface area contributed by atoms with E-state index in [2.05, 4.69) is 21.6 Å². The Hall–Kier alpha value is -3.17. The lowest BCUT2D eigenvalue weighted by atomic mass is 10.1. The molecule has 9 heteroatoms. The maximum Gasteiger partial charge on any atom is 0.254 e. The van der Waals surface area contributed by atoms with E-state index in [0.717, 1.165) is 18.0 Å². The smallest absolute Gasteiger partial charge is 0.254 e. The van der Waals surface area contributed by atoms with Gasteiger partial charge in [-0.1, -0.05) is 23.9 Å². The van der Waals surface area contributed by atoms with Crippen LogP contribution in [0.5, 0.6) is 11.5 Å². The number of ether oxygens (including phenoxy) is 2. The fourth-order valence-corrected chi connectivity index (χ4v) is 4.03. The Balaban J connectivity index is 1.33. The first-order valence-corrected chi connectivity index (χ1v) is 10.9. The van der Waals surface area contributed by atoms with Gasteiger partial charge in [-0.25, -0.2) is 0 Å². The molecule has 1 aliphatic heterocycles. The summed E-state index contributed by atoms with van der Waals surface area (Å²) < 4.78 is 16.3. The van der Waals surface area contributed by atoms with Gasteiger partial charge >= 0.3 is 0 Å². The average molecular weight is 441 g/mol. The second kappa shape index (κ2) is 9.76. The molecule has 0 saturated carbocycles. The van der Waals surface area contributed by atoms with E-state index < -0.39 is 0 Å². The Kier molecular flexibility index (Phi) is 6.63. The van der Waals surface area contributed by atoms with Crippen LogP contribution in [-0.2, 0) is 6.54 Å². The van der Waals surface area contributed by atoms with Gasteiger partial charge in [0.2, 0.25) is 11.7 Å². The minimum atomic E-state index is -0.0222. The van der Waals surface area contributed by atoms with Crippen LogP contribution in [0.3, 0.4) is 0 Å². The lowest BCUT2D eigenvalue weighted by Gasteiger charge is -2.34. The van der Waals surface area contributed by atoms with Crippen LogP contribution in [0.25, 0.3) is 10.7 Å². The third-order valence-electron chi connectivity index (χ3n) is 5.00. The van der Waals surface area contributed by atoms with E-state index in [1.54, 1.807) is 42.7 Å². The number of methoxy groups -OCH3 is 1. The average Bonchev–Trinajstić information content (AvgIpc) is 3.50. The molecular formula is C22H24N4O4S. The summed E-state index contributed by atoms with van der Waals surface area (Å²) in [4.78, 5) is 22.5. The molecule has 0 radical (unpaired) electrons. The van der Waals surface area contributed by atoms with Gasteiger partial charge in [-0.3, -0.25) is 9.69 Å². The molecule has 0 aliphatic carbocycles. The van der Waals surface area contributed by atoms with Crippen LogP contribution in [0.4, 0.5) is 0 Å². The topological polar surface area (TPSA) is 80.9 Å². The number of amides is 1. The summed E-state index contributed by atoms with van der Waals surface area (Å²) in [6.07, 6.45) is 1.66. The highest BCUT2D eigenvalue weighted by Gasteiger charge is 2.24. The fourth-order valence-electron chi connectivity index (χ4n) is 3.38. The minimum absolute atomic E-state index is 0.0222. The van der Waals surface area contributed by atoms with Gasteiger partial charge in [-0.15, -0.1) is 11.3 Å². The van der Waals surface area contributed by atoms with Crippen LogP contribution in [0.1, 0.15) is 16.2 Å². The van der Waals surface area contributed by atoms with E-state index >= 15 is 0 Å². The van der Waals surface area contributed by atoms with Gasteiger partial charge in [0.05, 0.1) is 18.5 Å². The van der Waals surface area contributed by atoms with Gasteiger partial charge < -0.3 is 18.9 Å². The maximum absolute atomic E-state index is 12.9. The summed E-state index contributed by atoms with van der Waals surface area (Å²) in [6, 6.07) is 9.17. The lowest BCUT2D eigenvalue weighted by molar-refractivity contribution is 0.0614. The highest BCUT2D eigenvalue weighted by molar-refractivity contribution is 7.13. The number of hydrogen-bond acceptors (Lipinski definition) is 8. The Labute approximate surface area is 184 Å². The summed E-state index contributed by atoms with van der Waals surface area (Å²) in [5.74, 6) is 2.30. The van der Waals surface area contributed by atoms with E-state index in [0.29, 0.717) is 55.0 Å². The second-order valence-electron chi connectivity index (χ2n) is 7.02. The van der Waals surface area contributed by atoms with Crippen LogP contribution >= 0.6 is 11.3 Å². The van der Waals surface area contributed by atoms with Crippen molar-refractivity contribution in [3.8, 4) is 22.2 Å². The SMILES string of the molecule is C=CCOc1ccc(C(=O)N2CCN(Cc3nc(-c4cccs4)no3)CC2)cc1OC. The zero-order chi connectivity index (χ0) is 21.6. The summed E-state index contributed by atoms with van der Waals surface area (Å²) in [5, 5.41) is 6.04. The number of aromatic nitrogens is 2. The molecule has 1 fully saturated rings. The normalized spacial score (nSPS) is 14.4. The molecule has 0 bridgehead atoms. The fraction of sp³-hybridized carbons (Fsp3) is 0.318. The van der Waals surface area contributed by atoms with Crippen LogP contribution in [-0.4, -0.2) is 65.7 Å². The first-order valence-electron chi connectivity index (χ1n) is 9.97. The van der Waals surface area contributed by atoms with Gasteiger partial charge in [0.15, 0.2) is 11.5 Å². The van der Waals surface area contributed by atoms with Gasteiger partial charge in [0, 0.05) is 31.7 Å². The van der Waals surface area contributed by atoms with Gasteiger partial charge in [-0.2, -0.15) is 4.98 Å². The summed E-state index contributed by atoms with van der Waals surface area (Å²) in [5.41, 5.74) is 0.578. The number of piperazine rings is 1. The lowest BCUT2D eigenvalue weighted by Crippen LogP contribution is -2.48. The first-order chi connectivity index (χ1) is 15.2. The van der Waals surface area contributed by atoms with Gasteiger partial charge in [0.1, 0.15) is 6.61 Å². The molecule has 3 aromatic rings. The predicted octanol–water partition coefficient (Wildman–Crippen LogP) is 3.33. The van der Waals surface area contributed by atoms with E-state index in [9.17, 15) is 4.79 Å². The van der Waals surface area contributed by atoms with Crippen molar-refractivity contribution in [2.24, 2.45) is 0 Å². The third-order valence-corrected chi connectivity index (χ3v) is 5.86. The highest BCUT2D eigenvalue weighted by Crippen LogP contribution is 2.29. The number of thiophene rings is 1. The van der Waals surface area contributed by atoms with Crippen molar-refractivity contribution in [2.45, 2.75) is 6.54 Å². The molecule has 4 rings (SSSR count). The molecule has 1 saturated heterocycles. The molecule has 3 heterocycles. The molecular weight excluding hydrogens is 416 g/mol.